The number of hydrogen-bond donors (Lipinski definition) is 4. The predicted octanol–water partition coefficient (Wildman–Crippen LogP) is -0.700. The van der Waals surface area contributed by atoms with Gasteiger partial charge in [0.05, 0.1) is 12.2 Å². The lowest BCUT2D eigenvalue weighted by Gasteiger charge is -2.39. The Morgan fingerprint density at radius 2 is 2.00 bits per heavy atom. The number of hydrogen-bond acceptors (Lipinski definition) is 8. The van der Waals surface area contributed by atoms with Gasteiger partial charge >= 0.3 is 0 Å². The van der Waals surface area contributed by atoms with Crippen LogP contribution >= 0.6 is 0 Å². The van der Waals surface area contributed by atoms with E-state index in [1.54, 1.807) is 4.68 Å². The average Bonchev–Trinajstić information content (AvgIpc) is 3.05. The maximum Gasteiger partial charge on any atom is 0.186 e. The number of aryl methyl sites for hydroxylation is 1. The van der Waals surface area contributed by atoms with Crippen molar-refractivity contribution in [1.29, 1.82) is 0 Å². The second kappa shape index (κ2) is 10.3. The molecular formula is C17H32N4O5. The highest BCUT2D eigenvalue weighted by molar-refractivity contribution is 4.94. The molecule has 0 aliphatic carbocycles. The molecule has 1 aliphatic rings. The van der Waals surface area contributed by atoms with Crippen molar-refractivity contribution in [2.75, 3.05) is 20.2 Å². The van der Waals surface area contributed by atoms with Crippen LogP contribution < -0.4 is 5.32 Å². The van der Waals surface area contributed by atoms with Crippen LogP contribution in [0.2, 0.25) is 0 Å². The van der Waals surface area contributed by atoms with E-state index in [2.05, 4.69) is 29.5 Å². The van der Waals surface area contributed by atoms with E-state index in [1.807, 2.05) is 6.20 Å². The summed E-state index contributed by atoms with van der Waals surface area (Å²) in [6, 6.07) is 0. The van der Waals surface area contributed by atoms with Gasteiger partial charge in [-0.2, -0.15) is 0 Å². The van der Waals surface area contributed by atoms with Gasteiger partial charge < -0.3 is 30.1 Å². The summed E-state index contributed by atoms with van der Waals surface area (Å²) in [6.07, 6.45) is -0.829. The van der Waals surface area contributed by atoms with Crippen molar-refractivity contribution in [2.45, 2.75) is 70.4 Å². The quantitative estimate of drug-likeness (QED) is 0.398. The zero-order valence-electron chi connectivity index (χ0n) is 15.8. The molecule has 0 bridgehead atoms. The SMILES string of the molecule is COC1OC(Cn2cc(CCCNCCC(C)C)nn2)C(O)C(O)C1O. The zero-order valence-corrected chi connectivity index (χ0v) is 15.8. The third-order valence-electron chi connectivity index (χ3n) is 4.54. The fourth-order valence-corrected chi connectivity index (χ4v) is 2.90. The number of aliphatic hydroxyl groups excluding tert-OH is 3. The van der Waals surface area contributed by atoms with Gasteiger partial charge in [0.25, 0.3) is 0 Å². The van der Waals surface area contributed by atoms with Crippen LogP contribution in [0.1, 0.15) is 32.4 Å². The standard InChI is InChI=1S/C17H32N4O5/c1-11(2)6-8-18-7-4-5-12-9-21(20-19-12)10-13-14(22)15(23)16(24)17(25-3)26-13/h9,11,13-18,22-24H,4-8,10H2,1-3H3. The summed E-state index contributed by atoms with van der Waals surface area (Å²) >= 11 is 0. The lowest BCUT2D eigenvalue weighted by Crippen LogP contribution is -2.58. The summed E-state index contributed by atoms with van der Waals surface area (Å²) in [7, 11) is 1.37. The molecule has 2 heterocycles. The Balaban J connectivity index is 1.77. The molecule has 2 rings (SSSR count). The van der Waals surface area contributed by atoms with Crippen LogP contribution in [0.5, 0.6) is 0 Å². The van der Waals surface area contributed by atoms with Gasteiger partial charge in [0, 0.05) is 13.3 Å². The number of rotatable bonds is 10. The molecule has 0 spiro atoms. The Hall–Kier alpha value is -1.10. The molecule has 0 saturated carbocycles. The lowest BCUT2D eigenvalue weighted by molar-refractivity contribution is -0.292. The lowest BCUT2D eigenvalue weighted by atomic mass is 9.99. The molecule has 5 unspecified atom stereocenters. The van der Waals surface area contributed by atoms with Crippen molar-refractivity contribution in [3.63, 3.8) is 0 Å². The molecule has 26 heavy (non-hydrogen) atoms. The average molecular weight is 372 g/mol. The van der Waals surface area contributed by atoms with Crippen LogP contribution in [0.3, 0.4) is 0 Å². The summed E-state index contributed by atoms with van der Waals surface area (Å²) in [5, 5.41) is 41.4. The monoisotopic (exact) mass is 372 g/mol. The molecule has 150 valence electrons. The van der Waals surface area contributed by atoms with Crippen molar-refractivity contribution < 1.29 is 24.8 Å². The third-order valence-corrected chi connectivity index (χ3v) is 4.54. The number of nitrogens with zero attached hydrogens (tertiary/aromatic N) is 3. The summed E-state index contributed by atoms with van der Waals surface area (Å²) in [6.45, 7) is 6.59. The Morgan fingerprint density at radius 3 is 2.69 bits per heavy atom. The minimum absolute atomic E-state index is 0.213. The van der Waals surface area contributed by atoms with Gasteiger partial charge in [-0.25, -0.2) is 4.68 Å². The minimum Gasteiger partial charge on any atom is -0.388 e. The molecule has 0 amide bonds. The molecule has 0 aromatic carbocycles. The largest absolute Gasteiger partial charge is 0.388 e. The topological polar surface area (TPSA) is 122 Å². The minimum atomic E-state index is -1.33. The highest BCUT2D eigenvalue weighted by Gasteiger charge is 2.44. The summed E-state index contributed by atoms with van der Waals surface area (Å²) in [4.78, 5) is 0. The van der Waals surface area contributed by atoms with Crippen LogP contribution in [0.25, 0.3) is 0 Å². The second-order valence-corrected chi connectivity index (χ2v) is 7.22. The van der Waals surface area contributed by atoms with E-state index in [0.717, 1.165) is 31.6 Å². The summed E-state index contributed by atoms with van der Waals surface area (Å²) < 4.78 is 12.1. The number of methoxy groups -OCH3 is 1. The maximum absolute atomic E-state index is 10.1. The van der Waals surface area contributed by atoms with E-state index in [1.165, 1.54) is 13.5 Å². The molecule has 5 atom stereocenters. The molecule has 1 aliphatic heterocycles. The van der Waals surface area contributed by atoms with E-state index < -0.39 is 30.7 Å². The summed E-state index contributed by atoms with van der Waals surface area (Å²) in [5.74, 6) is 0.706. The third kappa shape index (κ3) is 5.97. The Bertz CT molecular complexity index is 525. The van der Waals surface area contributed by atoms with Gasteiger partial charge in [-0.3, -0.25) is 0 Å². The van der Waals surface area contributed by atoms with Crippen molar-refractivity contribution in [3.05, 3.63) is 11.9 Å². The van der Waals surface area contributed by atoms with Crippen LogP contribution in [0, 0.1) is 5.92 Å². The number of aliphatic hydroxyl groups is 3. The van der Waals surface area contributed by atoms with E-state index >= 15 is 0 Å². The number of aromatic nitrogens is 3. The van der Waals surface area contributed by atoms with E-state index in [4.69, 9.17) is 9.47 Å². The molecule has 4 N–H and O–H groups in total. The Labute approximate surface area is 154 Å². The van der Waals surface area contributed by atoms with E-state index in [0.29, 0.717) is 5.92 Å². The molecular weight excluding hydrogens is 340 g/mol. The first-order valence-electron chi connectivity index (χ1n) is 9.24. The zero-order chi connectivity index (χ0) is 19.1. The summed E-state index contributed by atoms with van der Waals surface area (Å²) in [5.41, 5.74) is 0.866. The van der Waals surface area contributed by atoms with Crippen molar-refractivity contribution in [3.8, 4) is 0 Å². The van der Waals surface area contributed by atoms with Gasteiger partial charge in [0.2, 0.25) is 0 Å². The highest BCUT2D eigenvalue weighted by Crippen LogP contribution is 2.22. The fraction of sp³-hybridized carbons (Fsp3) is 0.882. The van der Waals surface area contributed by atoms with Gasteiger partial charge in [0.1, 0.15) is 24.4 Å². The van der Waals surface area contributed by atoms with Crippen LogP contribution in [0.15, 0.2) is 6.20 Å². The molecule has 1 fully saturated rings. The maximum atomic E-state index is 10.1. The van der Waals surface area contributed by atoms with Crippen LogP contribution in [-0.2, 0) is 22.4 Å². The molecule has 1 saturated heterocycles. The first kappa shape index (κ1) is 21.2. The smallest absolute Gasteiger partial charge is 0.186 e. The molecule has 1 aromatic rings. The molecule has 1 aromatic heterocycles. The van der Waals surface area contributed by atoms with Crippen LogP contribution in [0.4, 0.5) is 0 Å². The predicted molar refractivity (Wildman–Crippen MR) is 94.4 cm³/mol. The first-order chi connectivity index (χ1) is 12.4. The number of ether oxygens (including phenoxy) is 2. The Morgan fingerprint density at radius 1 is 1.23 bits per heavy atom. The normalized spacial score (nSPS) is 29.4. The first-order valence-corrected chi connectivity index (χ1v) is 9.24. The van der Waals surface area contributed by atoms with Gasteiger partial charge in [0.15, 0.2) is 6.29 Å². The molecule has 9 nitrogen and oxygen atoms in total. The number of nitrogens with one attached hydrogen (secondary N) is 1. The van der Waals surface area contributed by atoms with E-state index in [-0.39, 0.29) is 6.54 Å². The van der Waals surface area contributed by atoms with Crippen molar-refractivity contribution in [2.24, 2.45) is 5.92 Å². The van der Waals surface area contributed by atoms with Gasteiger partial charge in [-0.15, -0.1) is 5.10 Å². The van der Waals surface area contributed by atoms with Crippen molar-refractivity contribution in [1.82, 2.24) is 20.3 Å². The van der Waals surface area contributed by atoms with E-state index in [9.17, 15) is 15.3 Å². The second-order valence-electron chi connectivity index (χ2n) is 7.22. The fourth-order valence-electron chi connectivity index (χ4n) is 2.90. The van der Waals surface area contributed by atoms with Crippen LogP contribution in [-0.4, -0.2) is 81.2 Å². The Kier molecular flexibility index (Phi) is 8.39. The molecule has 9 heteroatoms. The van der Waals surface area contributed by atoms with Crippen molar-refractivity contribution >= 4 is 0 Å². The van der Waals surface area contributed by atoms with Gasteiger partial charge in [-0.1, -0.05) is 19.1 Å². The van der Waals surface area contributed by atoms with Gasteiger partial charge in [-0.05, 0) is 38.3 Å². The molecule has 0 radical (unpaired) electrons. The highest BCUT2D eigenvalue weighted by atomic mass is 16.7.